The van der Waals surface area contributed by atoms with Gasteiger partial charge in [0.1, 0.15) is 0 Å². The summed E-state index contributed by atoms with van der Waals surface area (Å²) in [5.41, 5.74) is 0. The maximum Gasteiger partial charge on any atom is 0.234 e. The van der Waals surface area contributed by atoms with Gasteiger partial charge in [-0.05, 0) is 41.7 Å². The Bertz CT molecular complexity index is 573. The van der Waals surface area contributed by atoms with E-state index < -0.39 is 0 Å². The molecular weight excluding hydrogens is 336 g/mol. The van der Waals surface area contributed by atoms with Crippen molar-refractivity contribution in [1.29, 1.82) is 0 Å². The number of carbonyl (C=O) groups is 1. The number of amides is 1. The van der Waals surface area contributed by atoms with Crippen LogP contribution < -0.4 is 5.32 Å². The normalized spacial score (nSPS) is 21.1. The summed E-state index contributed by atoms with van der Waals surface area (Å²) in [6.45, 7) is 4.41. The molecule has 3 nitrogen and oxygen atoms in total. The van der Waals surface area contributed by atoms with E-state index in [0.29, 0.717) is 18.5 Å². The Morgan fingerprint density at radius 2 is 1.75 bits per heavy atom. The van der Waals surface area contributed by atoms with Crippen LogP contribution in [0.25, 0.3) is 0 Å². The van der Waals surface area contributed by atoms with Crippen molar-refractivity contribution in [1.82, 2.24) is 10.2 Å². The average molecular weight is 363 g/mol. The van der Waals surface area contributed by atoms with Crippen molar-refractivity contribution < 1.29 is 4.79 Å². The number of hydrogen-bond donors (Lipinski definition) is 1. The van der Waals surface area contributed by atoms with Gasteiger partial charge < -0.3 is 5.32 Å². The van der Waals surface area contributed by atoms with E-state index in [1.807, 2.05) is 0 Å². The fraction of sp³-hybridized carbons (Fsp3) is 0.526. The molecule has 1 aliphatic rings. The van der Waals surface area contributed by atoms with Gasteiger partial charge in [-0.15, -0.1) is 22.7 Å². The maximum atomic E-state index is 12.6. The molecule has 2 aromatic heterocycles. The molecule has 130 valence electrons. The monoisotopic (exact) mass is 362 g/mol. The van der Waals surface area contributed by atoms with Gasteiger partial charge in [0.05, 0.1) is 6.54 Å². The molecule has 0 aromatic carbocycles. The Balaban J connectivity index is 1.58. The van der Waals surface area contributed by atoms with Crippen LogP contribution in [0.2, 0.25) is 0 Å². The highest BCUT2D eigenvalue weighted by molar-refractivity contribution is 7.10. The molecule has 1 amide bonds. The minimum absolute atomic E-state index is 0.168. The van der Waals surface area contributed by atoms with Crippen LogP contribution in [0.4, 0.5) is 0 Å². The van der Waals surface area contributed by atoms with E-state index in [1.165, 1.54) is 29.0 Å². The van der Waals surface area contributed by atoms with Gasteiger partial charge in [0.2, 0.25) is 5.91 Å². The van der Waals surface area contributed by atoms with Crippen LogP contribution in [-0.4, -0.2) is 23.4 Å². The highest BCUT2D eigenvalue weighted by atomic mass is 32.1. The first kappa shape index (κ1) is 17.6. The predicted molar refractivity (Wildman–Crippen MR) is 102 cm³/mol. The zero-order valence-electron chi connectivity index (χ0n) is 14.2. The van der Waals surface area contributed by atoms with Crippen molar-refractivity contribution in [3.63, 3.8) is 0 Å². The van der Waals surface area contributed by atoms with Gasteiger partial charge in [0, 0.05) is 28.9 Å². The highest BCUT2D eigenvalue weighted by Crippen LogP contribution is 2.24. The van der Waals surface area contributed by atoms with Gasteiger partial charge in [-0.2, -0.15) is 0 Å². The molecule has 0 unspecified atom stereocenters. The van der Waals surface area contributed by atoms with Gasteiger partial charge in [0.15, 0.2) is 0 Å². The molecule has 2 atom stereocenters. The summed E-state index contributed by atoms with van der Waals surface area (Å²) < 4.78 is 0. The Morgan fingerprint density at radius 3 is 2.29 bits per heavy atom. The summed E-state index contributed by atoms with van der Waals surface area (Å²) in [6.07, 6.45) is 4.90. The third kappa shape index (κ3) is 5.16. The molecular formula is C19H26N2OS2. The summed E-state index contributed by atoms with van der Waals surface area (Å²) in [7, 11) is 0. The second-order valence-corrected chi connectivity index (χ2v) is 8.80. The first-order valence-electron chi connectivity index (χ1n) is 8.77. The SMILES string of the molecule is C[C@H]1CCCC[C@@H]1NC(=O)CN(Cc1cccs1)Cc1cccs1. The molecule has 5 heteroatoms. The standard InChI is InChI=1S/C19H26N2OS2/c1-15-6-2-3-9-18(15)20-19(22)14-21(12-16-7-4-10-23-16)13-17-8-5-11-24-17/h4-5,7-8,10-11,15,18H,2-3,6,9,12-14H2,1H3,(H,20,22)/t15-,18-/m0/s1. The molecule has 0 bridgehead atoms. The molecule has 1 saturated carbocycles. The summed E-state index contributed by atoms with van der Waals surface area (Å²) in [5, 5.41) is 7.48. The van der Waals surface area contributed by atoms with Crippen LogP contribution in [-0.2, 0) is 17.9 Å². The van der Waals surface area contributed by atoms with E-state index in [4.69, 9.17) is 0 Å². The smallest absolute Gasteiger partial charge is 0.234 e. The highest BCUT2D eigenvalue weighted by Gasteiger charge is 2.23. The number of rotatable bonds is 7. The van der Waals surface area contributed by atoms with Crippen molar-refractivity contribution in [2.75, 3.05) is 6.54 Å². The van der Waals surface area contributed by atoms with Crippen LogP contribution in [0, 0.1) is 5.92 Å². The third-order valence-electron chi connectivity index (χ3n) is 4.74. The first-order chi connectivity index (χ1) is 11.7. The second kappa shape index (κ2) is 8.79. The van der Waals surface area contributed by atoms with Crippen molar-refractivity contribution in [3.8, 4) is 0 Å². The number of hydrogen-bond acceptors (Lipinski definition) is 4. The van der Waals surface area contributed by atoms with E-state index in [0.717, 1.165) is 19.5 Å². The lowest BCUT2D eigenvalue weighted by Crippen LogP contribution is -2.45. The fourth-order valence-corrected chi connectivity index (χ4v) is 4.89. The van der Waals surface area contributed by atoms with E-state index in [-0.39, 0.29) is 5.91 Å². The summed E-state index contributed by atoms with van der Waals surface area (Å²) in [5.74, 6) is 0.771. The molecule has 24 heavy (non-hydrogen) atoms. The second-order valence-electron chi connectivity index (χ2n) is 6.74. The minimum atomic E-state index is 0.168. The molecule has 2 heterocycles. The lowest BCUT2D eigenvalue weighted by molar-refractivity contribution is -0.123. The Hall–Kier alpha value is -1.17. The van der Waals surface area contributed by atoms with Crippen molar-refractivity contribution in [3.05, 3.63) is 44.8 Å². The van der Waals surface area contributed by atoms with Crippen LogP contribution >= 0.6 is 22.7 Å². The zero-order chi connectivity index (χ0) is 16.8. The fourth-order valence-electron chi connectivity index (χ4n) is 3.40. The van der Waals surface area contributed by atoms with Gasteiger partial charge in [-0.1, -0.05) is 31.9 Å². The first-order valence-corrected chi connectivity index (χ1v) is 10.5. The quantitative estimate of drug-likeness (QED) is 0.786. The lowest BCUT2D eigenvalue weighted by atomic mass is 9.86. The summed E-state index contributed by atoms with van der Waals surface area (Å²) >= 11 is 3.51. The van der Waals surface area contributed by atoms with Gasteiger partial charge in [0.25, 0.3) is 0 Å². The Labute approximate surface area is 152 Å². The molecule has 2 aromatic rings. The van der Waals surface area contributed by atoms with Crippen molar-refractivity contribution >= 4 is 28.6 Å². The summed E-state index contributed by atoms with van der Waals surface area (Å²) in [6, 6.07) is 8.80. The van der Waals surface area contributed by atoms with Crippen molar-refractivity contribution in [2.45, 2.75) is 51.7 Å². The molecule has 0 radical (unpaired) electrons. The van der Waals surface area contributed by atoms with E-state index in [9.17, 15) is 4.79 Å². The van der Waals surface area contributed by atoms with Crippen molar-refractivity contribution in [2.24, 2.45) is 5.92 Å². The van der Waals surface area contributed by atoms with Gasteiger partial charge in [-0.25, -0.2) is 0 Å². The Kier molecular flexibility index (Phi) is 6.46. The molecule has 1 fully saturated rings. The average Bonchev–Trinajstić information content (AvgIpc) is 3.23. The molecule has 3 rings (SSSR count). The van der Waals surface area contributed by atoms with Gasteiger partial charge in [-0.3, -0.25) is 9.69 Å². The number of thiophene rings is 2. The molecule has 0 aliphatic heterocycles. The minimum Gasteiger partial charge on any atom is -0.352 e. The topological polar surface area (TPSA) is 32.3 Å². The maximum absolute atomic E-state index is 12.6. The predicted octanol–water partition coefficient (Wildman–Crippen LogP) is 4.51. The molecule has 0 spiro atoms. The Morgan fingerprint density at radius 1 is 1.12 bits per heavy atom. The zero-order valence-corrected chi connectivity index (χ0v) is 15.9. The molecule has 1 N–H and O–H groups in total. The summed E-state index contributed by atoms with van der Waals surface area (Å²) in [4.78, 5) is 17.4. The van der Waals surface area contributed by atoms with Crippen LogP contribution in [0.1, 0.15) is 42.4 Å². The van der Waals surface area contributed by atoms with Crippen LogP contribution in [0.3, 0.4) is 0 Å². The van der Waals surface area contributed by atoms with E-state index >= 15 is 0 Å². The number of nitrogens with one attached hydrogen (secondary N) is 1. The number of nitrogens with zero attached hydrogens (tertiary/aromatic N) is 1. The third-order valence-corrected chi connectivity index (χ3v) is 6.47. The van der Waals surface area contributed by atoms with Crippen LogP contribution in [0.15, 0.2) is 35.0 Å². The number of carbonyl (C=O) groups excluding carboxylic acids is 1. The van der Waals surface area contributed by atoms with Crippen LogP contribution in [0.5, 0.6) is 0 Å². The van der Waals surface area contributed by atoms with Gasteiger partial charge >= 0.3 is 0 Å². The van der Waals surface area contributed by atoms with E-state index in [2.05, 4.69) is 52.2 Å². The molecule has 0 saturated heterocycles. The largest absolute Gasteiger partial charge is 0.352 e. The molecule has 1 aliphatic carbocycles. The van der Waals surface area contributed by atoms with E-state index in [1.54, 1.807) is 22.7 Å². The lowest BCUT2D eigenvalue weighted by Gasteiger charge is -2.30.